The number of pyridine rings is 1. The molecule has 1 nitrogen and oxygen atoms in total. The van der Waals surface area contributed by atoms with Gasteiger partial charge in [0.05, 0.1) is 5.69 Å². The molecule has 1 heterocycles. The molecule has 0 saturated heterocycles. The number of halogens is 1. The number of hydrogen-bond acceptors (Lipinski definition) is 1. The summed E-state index contributed by atoms with van der Waals surface area (Å²) in [5, 5.41) is 0.466. The molecule has 0 N–H and O–H groups in total. The molecule has 0 saturated carbocycles. The summed E-state index contributed by atoms with van der Waals surface area (Å²) in [6, 6.07) is 13.8. The van der Waals surface area contributed by atoms with Crippen molar-refractivity contribution in [1.29, 1.82) is 0 Å². The standard InChI is InChI=1S/C17H14ClN/c1-3-8-13(4-2)15-11-16(19-17(18)12-15)14-9-6-5-7-10-14/h3-12H,1-2H2/b13-8+. The SMILES string of the molecule is C=C/C=C(\C=C)c1cc(Cl)nc(-c2ccccc2)c1. The lowest BCUT2D eigenvalue weighted by molar-refractivity contribution is 1.31. The predicted octanol–water partition coefficient (Wildman–Crippen LogP) is 5.16. The van der Waals surface area contributed by atoms with Crippen LogP contribution in [0.5, 0.6) is 0 Å². The molecule has 0 fully saturated rings. The van der Waals surface area contributed by atoms with E-state index in [2.05, 4.69) is 18.1 Å². The summed E-state index contributed by atoms with van der Waals surface area (Å²) in [4.78, 5) is 4.36. The highest BCUT2D eigenvalue weighted by molar-refractivity contribution is 6.29. The van der Waals surface area contributed by atoms with Gasteiger partial charge >= 0.3 is 0 Å². The van der Waals surface area contributed by atoms with Gasteiger partial charge in [-0.15, -0.1) is 0 Å². The molecule has 19 heavy (non-hydrogen) atoms. The van der Waals surface area contributed by atoms with Crippen LogP contribution in [0.15, 0.2) is 73.9 Å². The maximum absolute atomic E-state index is 6.10. The summed E-state index contributed by atoms with van der Waals surface area (Å²) in [5.74, 6) is 0. The van der Waals surface area contributed by atoms with Gasteiger partial charge in [0, 0.05) is 5.56 Å². The Kier molecular flexibility index (Phi) is 4.32. The van der Waals surface area contributed by atoms with Crippen molar-refractivity contribution in [1.82, 2.24) is 4.98 Å². The van der Waals surface area contributed by atoms with E-state index >= 15 is 0 Å². The second-order valence-electron chi connectivity index (χ2n) is 3.99. The minimum atomic E-state index is 0.466. The average molecular weight is 268 g/mol. The predicted molar refractivity (Wildman–Crippen MR) is 83.1 cm³/mol. The van der Waals surface area contributed by atoms with Crippen molar-refractivity contribution in [3.63, 3.8) is 0 Å². The van der Waals surface area contributed by atoms with Crippen LogP contribution in [0.4, 0.5) is 0 Å². The van der Waals surface area contributed by atoms with Crippen molar-refractivity contribution in [2.24, 2.45) is 0 Å². The summed E-state index contributed by atoms with van der Waals surface area (Å²) in [6.07, 6.45) is 5.41. The quantitative estimate of drug-likeness (QED) is 0.551. The molecule has 0 unspecified atom stereocenters. The van der Waals surface area contributed by atoms with E-state index in [0.717, 1.165) is 22.4 Å². The molecule has 0 amide bonds. The van der Waals surface area contributed by atoms with Crippen LogP contribution in [0, 0.1) is 0 Å². The molecule has 2 rings (SSSR count). The van der Waals surface area contributed by atoms with E-state index in [0.29, 0.717) is 5.15 Å². The lowest BCUT2D eigenvalue weighted by Crippen LogP contribution is -1.89. The summed E-state index contributed by atoms with van der Waals surface area (Å²) in [6.45, 7) is 7.51. The fourth-order valence-corrected chi connectivity index (χ4v) is 2.04. The van der Waals surface area contributed by atoms with Gasteiger partial charge < -0.3 is 0 Å². The molecular formula is C17H14ClN. The Morgan fingerprint density at radius 3 is 2.47 bits per heavy atom. The molecule has 0 aliphatic carbocycles. The van der Waals surface area contributed by atoms with E-state index in [1.807, 2.05) is 48.5 Å². The Morgan fingerprint density at radius 1 is 1.11 bits per heavy atom. The van der Waals surface area contributed by atoms with Gasteiger partial charge in [-0.1, -0.05) is 73.3 Å². The largest absolute Gasteiger partial charge is 0.236 e. The number of benzene rings is 1. The Hall–Kier alpha value is -2.12. The number of rotatable bonds is 4. The topological polar surface area (TPSA) is 12.9 Å². The first-order chi connectivity index (χ1) is 9.24. The smallest absolute Gasteiger partial charge is 0.130 e. The van der Waals surface area contributed by atoms with Crippen molar-refractivity contribution >= 4 is 17.2 Å². The first-order valence-electron chi connectivity index (χ1n) is 5.93. The highest BCUT2D eigenvalue weighted by Crippen LogP contribution is 2.25. The van der Waals surface area contributed by atoms with Crippen LogP contribution in [0.3, 0.4) is 0 Å². The first kappa shape index (κ1) is 13.3. The Morgan fingerprint density at radius 2 is 1.84 bits per heavy atom. The fraction of sp³-hybridized carbons (Fsp3) is 0. The monoisotopic (exact) mass is 267 g/mol. The minimum Gasteiger partial charge on any atom is -0.236 e. The van der Waals surface area contributed by atoms with E-state index in [9.17, 15) is 0 Å². The summed E-state index contributed by atoms with van der Waals surface area (Å²) >= 11 is 6.10. The second kappa shape index (κ2) is 6.17. The highest BCUT2D eigenvalue weighted by Gasteiger charge is 2.05. The third-order valence-corrected chi connectivity index (χ3v) is 2.91. The Balaban J connectivity index is 2.55. The zero-order valence-corrected chi connectivity index (χ0v) is 11.3. The number of aromatic nitrogens is 1. The molecule has 1 aromatic heterocycles. The van der Waals surface area contributed by atoms with E-state index in [4.69, 9.17) is 11.6 Å². The van der Waals surface area contributed by atoms with Gasteiger partial charge in [0.25, 0.3) is 0 Å². The summed E-state index contributed by atoms with van der Waals surface area (Å²) in [5.41, 5.74) is 3.83. The van der Waals surface area contributed by atoms with Crippen LogP contribution in [-0.2, 0) is 0 Å². The molecule has 0 aliphatic heterocycles. The van der Waals surface area contributed by atoms with Crippen LogP contribution in [0.1, 0.15) is 5.56 Å². The molecular weight excluding hydrogens is 254 g/mol. The van der Waals surface area contributed by atoms with Crippen LogP contribution in [0.2, 0.25) is 5.15 Å². The van der Waals surface area contributed by atoms with E-state index < -0.39 is 0 Å². The second-order valence-corrected chi connectivity index (χ2v) is 4.38. The van der Waals surface area contributed by atoms with Crippen molar-refractivity contribution in [3.8, 4) is 11.3 Å². The van der Waals surface area contributed by atoms with Gasteiger partial charge in [-0.2, -0.15) is 0 Å². The molecule has 0 atom stereocenters. The van der Waals surface area contributed by atoms with Crippen molar-refractivity contribution in [2.45, 2.75) is 0 Å². The maximum Gasteiger partial charge on any atom is 0.130 e. The fourth-order valence-electron chi connectivity index (χ4n) is 1.83. The zero-order valence-electron chi connectivity index (χ0n) is 10.5. The van der Waals surface area contributed by atoms with Crippen LogP contribution >= 0.6 is 11.6 Å². The third kappa shape index (κ3) is 3.21. The van der Waals surface area contributed by atoms with Gasteiger partial charge in [0.2, 0.25) is 0 Å². The highest BCUT2D eigenvalue weighted by atomic mass is 35.5. The van der Waals surface area contributed by atoms with Crippen LogP contribution < -0.4 is 0 Å². The van der Waals surface area contributed by atoms with Gasteiger partial charge in [-0.3, -0.25) is 0 Å². The molecule has 2 heteroatoms. The number of hydrogen-bond donors (Lipinski definition) is 0. The molecule has 0 bridgehead atoms. The minimum absolute atomic E-state index is 0.466. The lowest BCUT2D eigenvalue weighted by atomic mass is 10.0. The normalized spacial score (nSPS) is 11.1. The Labute approximate surface area is 118 Å². The average Bonchev–Trinajstić information content (AvgIpc) is 2.45. The van der Waals surface area contributed by atoms with Gasteiger partial charge in [-0.25, -0.2) is 4.98 Å². The van der Waals surface area contributed by atoms with Crippen LogP contribution in [-0.4, -0.2) is 4.98 Å². The molecule has 0 radical (unpaired) electrons. The lowest BCUT2D eigenvalue weighted by Gasteiger charge is -2.07. The molecule has 1 aromatic carbocycles. The van der Waals surface area contributed by atoms with Crippen molar-refractivity contribution in [2.75, 3.05) is 0 Å². The van der Waals surface area contributed by atoms with Gasteiger partial charge in [0.1, 0.15) is 5.15 Å². The maximum atomic E-state index is 6.10. The van der Waals surface area contributed by atoms with E-state index in [1.165, 1.54) is 0 Å². The number of nitrogens with zero attached hydrogens (tertiary/aromatic N) is 1. The zero-order chi connectivity index (χ0) is 13.7. The molecule has 2 aromatic rings. The summed E-state index contributed by atoms with van der Waals surface area (Å²) < 4.78 is 0. The molecule has 0 spiro atoms. The summed E-state index contributed by atoms with van der Waals surface area (Å²) in [7, 11) is 0. The van der Waals surface area contributed by atoms with Crippen molar-refractivity contribution < 1.29 is 0 Å². The Bertz CT molecular complexity index is 627. The first-order valence-corrected chi connectivity index (χ1v) is 6.31. The van der Waals surface area contributed by atoms with E-state index in [1.54, 1.807) is 12.2 Å². The van der Waals surface area contributed by atoms with Gasteiger partial charge in [-0.05, 0) is 23.3 Å². The van der Waals surface area contributed by atoms with E-state index in [-0.39, 0.29) is 0 Å². The van der Waals surface area contributed by atoms with Gasteiger partial charge in [0.15, 0.2) is 0 Å². The molecule has 0 aliphatic rings. The molecule has 94 valence electrons. The number of allylic oxidation sites excluding steroid dienone is 4. The van der Waals surface area contributed by atoms with Crippen LogP contribution in [0.25, 0.3) is 16.8 Å². The van der Waals surface area contributed by atoms with Crippen molar-refractivity contribution in [3.05, 3.63) is 84.6 Å². The third-order valence-electron chi connectivity index (χ3n) is 2.71.